The minimum absolute atomic E-state index is 0.0232. The van der Waals surface area contributed by atoms with Crippen LogP contribution in [0.15, 0.2) is 55.1 Å². The fraction of sp³-hybridized carbons (Fsp3) is 0.621. The van der Waals surface area contributed by atoms with Crippen molar-refractivity contribution < 1.29 is 62.2 Å². The van der Waals surface area contributed by atoms with Crippen LogP contribution in [-0.4, -0.2) is 154 Å². The standard InChI is InChI=1S/C58H87N7O13/c1-7-38(4)53(60)58(70)64-35-47-57(78-50-18-12-15-42-43(50)16-11-17-49(42)77-30-29-76-28-27-75-26-25-74-24-23-73-22-21-72-20-19-71-6)51(39(5)66)45(34-63-47)55(68)44(37(2)3)32-48(67)54(61)52(40-13-9-8-10-14-40)56(69)46(59)31-41-33-62-36-65-41/h11-12,15-18,33-34,36-38,40,44,46,48,52-54,67H,7-10,13-14,19-32,35,59-61H2,1-6H3,(H,62,65)(H,64,70)/t38-,44?,46-,48?,52?,53-,54?/m0/s1. The molecule has 2 heterocycles. The van der Waals surface area contributed by atoms with Crippen LogP contribution in [0.3, 0.4) is 0 Å². The highest BCUT2D eigenvalue weighted by molar-refractivity contribution is 6.10. The first-order chi connectivity index (χ1) is 37.7. The quantitative estimate of drug-likeness (QED) is 0.0223. The summed E-state index contributed by atoms with van der Waals surface area (Å²) in [6.07, 6.45) is 8.49. The maximum absolute atomic E-state index is 15.1. The molecule has 0 bridgehead atoms. The molecule has 1 amide bonds. The summed E-state index contributed by atoms with van der Waals surface area (Å²) in [6, 6.07) is 8.16. The summed E-state index contributed by atoms with van der Waals surface area (Å²) >= 11 is 0. The van der Waals surface area contributed by atoms with Crippen molar-refractivity contribution in [3.8, 4) is 17.2 Å². The van der Waals surface area contributed by atoms with E-state index in [-0.39, 0.29) is 72.1 Å². The second-order valence-corrected chi connectivity index (χ2v) is 20.4. The highest BCUT2D eigenvalue weighted by Crippen LogP contribution is 2.40. The van der Waals surface area contributed by atoms with Crippen molar-refractivity contribution in [2.24, 2.45) is 46.8 Å². The van der Waals surface area contributed by atoms with Gasteiger partial charge in [-0.15, -0.1) is 0 Å². The molecule has 0 spiro atoms. The van der Waals surface area contributed by atoms with Crippen LogP contribution in [0.2, 0.25) is 0 Å². The van der Waals surface area contributed by atoms with E-state index in [1.54, 1.807) is 25.4 Å². The lowest BCUT2D eigenvalue weighted by Gasteiger charge is -2.37. The van der Waals surface area contributed by atoms with Gasteiger partial charge in [-0.2, -0.15) is 0 Å². The van der Waals surface area contributed by atoms with Gasteiger partial charge in [-0.1, -0.05) is 77.6 Å². The van der Waals surface area contributed by atoms with Crippen molar-refractivity contribution in [2.45, 2.75) is 117 Å². The number of pyridine rings is 1. The van der Waals surface area contributed by atoms with Crippen LogP contribution < -0.4 is 32.0 Å². The fourth-order valence-electron chi connectivity index (χ4n) is 9.76. The number of nitrogens with zero attached hydrogens (tertiary/aromatic N) is 2. The number of nitrogens with two attached hydrogens (primary N) is 3. The van der Waals surface area contributed by atoms with E-state index in [2.05, 4.69) is 15.3 Å². The van der Waals surface area contributed by atoms with Crippen LogP contribution in [0.1, 0.15) is 112 Å². The number of aromatic nitrogens is 3. The lowest BCUT2D eigenvalue weighted by atomic mass is 9.70. The van der Waals surface area contributed by atoms with Crippen LogP contribution in [0.5, 0.6) is 17.2 Å². The number of aliphatic hydroxyl groups excluding tert-OH is 1. The predicted octanol–water partition coefficient (Wildman–Crippen LogP) is 5.92. The van der Waals surface area contributed by atoms with Gasteiger partial charge >= 0.3 is 0 Å². The van der Waals surface area contributed by atoms with Gasteiger partial charge in [0.25, 0.3) is 0 Å². The topological polar surface area (TPSA) is 294 Å². The number of H-pyrrole nitrogens is 1. The third-order valence-corrected chi connectivity index (χ3v) is 14.5. The molecule has 20 heteroatoms. The third-order valence-electron chi connectivity index (χ3n) is 14.5. The molecule has 0 aliphatic heterocycles. The molecule has 78 heavy (non-hydrogen) atoms. The zero-order valence-electron chi connectivity index (χ0n) is 46.7. The zero-order chi connectivity index (χ0) is 56.4. The Balaban J connectivity index is 1.31. The van der Waals surface area contributed by atoms with Gasteiger partial charge in [0, 0.05) is 54.6 Å². The first-order valence-electron chi connectivity index (χ1n) is 27.7. The number of aromatic amines is 1. The van der Waals surface area contributed by atoms with Crippen LogP contribution >= 0.6 is 0 Å². The molecule has 4 unspecified atom stereocenters. The van der Waals surface area contributed by atoms with Crippen molar-refractivity contribution >= 4 is 34.0 Å². The molecule has 5 rings (SSSR count). The summed E-state index contributed by atoms with van der Waals surface area (Å²) in [5.74, 6) is -2.93. The minimum atomic E-state index is -1.29. The Morgan fingerprint density at radius 1 is 0.782 bits per heavy atom. The Hall–Kier alpha value is -5.26. The molecule has 7 atom stereocenters. The lowest BCUT2D eigenvalue weighted by molar-refractivity contribution is -0.128. The van der Waals surface area contributed by atoms with Gasteiger partial charge in [0.15, 0.2) is 23.1 Å². The number of methoxy groups -OCH3 is 1. The molecule has 1 aliphatic carbocycles. The van der Waals surface area contributed by atoms with Crippen molar-refractivity contribution in [3.63, 3.8) is 0 Å². The van der Waals surface area contributed by atoms with Crippen LogP contribution in [0.4, 0.5) is 0 Å². The van der Waals surface area contributed by atoms with E-state index in [0.717, 1.165) is 32.1 Å². The number of carbonyl (C=O) groups is 4. The first kappa shape index (κ1) is 63.6. The largest absolute Gasteiger partial charge is 0.491 e. The molecule has 1 aliphatic rings. The number of aliphatic hydroxyl groups is 1. The van der Waals surface area contributed by atoms with E-state index in [9.17, 15) is 19.5 Å². The number of amides is 1. The molecule has 1 saturated carbocycles. The number of Topliss-reactive ketones (excluding diaryl/α,β-unsaturated/α-hetero) is 3. The van der Waals surface area contributed by atoms with Gasteiger partial charge < -0.3 is 70.5 Å². The monoisotopic (exact) mass is 1090 g/mol. The minimum Gasteiger partial charge on any atom is -0.491 e. The van der Waals surface area contributed by atoms with Gasteiger partial charge in [-0.25, -0.2) is 4.98 Å². The second kappa shape index (κ2) is 34.0. The van der Waals surface area contributed by atoms with Crippen LogP contribution in [-0.2, 0) is 51.0 Å². The number of hydrogen-bond donors (Lipinski definition) is 6. The molecule has 2 aromatic carbocycles. The number of rotatable bonds is 39. The maximum Gasteiger partial charge on any atom is 0.237 e. The van der Waals surface area contributed by atoms with E-state index in [1.807, 2.05) is 52.0 Å². The number of nitrogens with one attached hydrogen (secondary N) is 2. The van der Waals surface area contributed by atoms with Crippen molar-refractivity contribution in [2.75, 3.05) is 86.4 Å². The normalized spacial score (nSPS) is 15.8. The Morgan fingerprint density at radius 2 is 1.36 bits per heavy atom. The average Bonchev–Trinajstić information content (AvgIpc) is 3.96. The highest BCUT2D eigenvalue weighted by Gasteiger charge is 2.42. The molecule has 9 N–H and O–H groups in total. The smallest absolute Gasteiger partial charge is 0.237 e. The first-order valence-corrected chi connectivity index (χ1v) is 27.7. The Bertz CT molecular complexity index is 2440. The molecular weight excluding hydrogens is 1000 g/mol. The number of imidazole rings is 1. The van der Waals surface area contributed by atoms with Gasteiger partial charge in [-0.05, 0) is 56.1 Å². The summed E-state index contributed by atoms with van der Waals surface area (Å²) < 4.78 is 45.6. The molecule has 20 nitrogen and oxygen atoms in total. The van der Waals surface area contributed by atoms with Gasteiger partial charge in [0.05, 0.1) is 121 Å². The molecule has 2 aromatic heterocycles. The SMILES string of the molecule is CC[C@H](C)[C@H](N)C(=O)NCc1ncc(C(=O)C(CC(O)C(N)C(C(=O)[C@@H](N)Cc2c[nH]cn2)C2CCCCC2)C(C)C)c(C(C)=O)c1Oc1cccc2c(OCCOCCOCCOCCOCCOCCOC)cccc12. The van der Waals surface area contributed by atoms with E-state index in [1.165, 1.54) is 19.4 Å². The fourth-order valence-corrected chi connectivity index (χ4v) is 9.76. The average molecular weight is 1090 g/mol. The van der Waals surface area contributed by atoms with E-state index in [0.29, 0.717) is 107 Å². The number of benzene rings is 2. The Morgan fingerprint density at radius 3 is 1.91 bits per heavy atom. The van der Waals surface area contributed by atoms with E-state index < -0.39 is 53.5 Å². The number of ether oxygens (including phenoxy) is 8. The van der Waals surface area contributed by atoms with E-state index in [4.69, 9.17) is 60.1 Å². The van der Waals surface area contributed by atoms with Gasteiger partial charge in [-0.3, -0.25) is 24.2 Å². The zero-order valence-corrected chi connectivity index (χ0v) is 46.7. The molecule has 1 fully saturated rings. The van der Waals surface area contributed by atoms with Crippen molar-refractivity contribution in [1.82, 2.24) is 20.3 Å². The lowest BCUT2D eigenvalue weighted by Crippen LogP contribution is -2.53. The van der Waals surface area contributed by atoms with Crippen LogP contribution in [0, 0.1) is 29.6 Å². The van der Waals surface area contributed by atoms with E-state index >= 15 is 4.79 Å². The predicted molar refractivity (Wildman–Crippen MR) is 296 cm³/mol. The summed E-state index contributed by atoms with van der Waals surface area (Å²) in [6.45, 7) is 13.8. The molecular formula is C58H87N7O13. The Labute approximate surface area is 459 Å². The highest BCUT2D eigenvalue weighted by atomic mass is 16.6. The molecule has 0 saturated heterocycles. The number of ketones is 3. The third kappa shape index (κ3) is 19.2. The molecule has 0 radical (unpaired) electrons. The number of hydrogen-bond acceptors (Lipinski definition) is 18. The summed E-state index contributed by atoms with van der Waals surface area (Å²) in [4.78, 5) is 68.6. The second-order valence-electron chi connectivity index (χ2n) is 20.4. The summed E-state index contributed by atoms with van der Waals surface area (Å²) in [5.41, 5.74) is 20.5. The summed E-state index contributed by atoms with van der Waals surface area (Å²) in [5, 5.41) is 16.2. The van der Waals surface area contributed by atoms with Gasteiger partial charge in [0.1, 0.15) is 23.8 Å². The van der Waals surface area contributed by atoms with Gasteiger partial charge in [0.2, 0.25) is 5.91 Å². The van der Waals surface area contributed by atoms with Crippen LogP contribution in [0.25, 0.3) is 10.8 Å². The molecule has 4 aromatic rings. The summed E-state index contributed by atoms with van der Waals surface area (Å²) in [7, 11) is 1.63. The van der Waals surface area contributed by atoms with Crippen molar-refractivity contribution in [3.05, 3.63) is 77.6 Å². The number of carbonyl (C=O) groups excluding carboxylic acids is 4. The maximum atomic E-state index is 15.1. The number of fused-ring (bicyclic) bond motifs is 1. The van der Waals surface area contributed by atoms with Crippen molar-refractivity contribution in [1.29, 1.82) is 0 Å². The Kier molecular flexibility index (Phi) is 27.7. The molecule has 432 valence electrons.